The number of carboxylic acid groups (broad SMARTS) is 1. The molecule has 0 bridgehead atoms. The van der Waals surface area contributed by atoms with Crippen LogP contribution in [0, 0.1) is 0 Å². The second-order valence-corrected chi connectivity index (χ2v) is 4.82. The summed E-state index contributed by atoms with van der Waals surface area (Å²) in [7, 11) is 0. The molecule has 0 unspecified atom stereocenters. The zero-order valence-corrected chi connectivity index (χ0v) is 11.1. The molecule has 1 amide bonds. The number of likely N-dealkylation sites (tertiary alicyclic amines) is 1. The molecule has 0 saturated carbocycles. The van der Waals surface area contributed by atoms with Crippen LogP contribution in [0.3, 0.4) is 0 Å². The molecule has 108 valence electrons. The zero-order valence-electron chi connectivity index (χ0n) is 11.1. The Bertz CT molecular complexity index is 452. The fourth-order valence-corrected chi connectivity index (χ4v) is 2.29. The van der Waals surface area contributed by atoms with E-state index in [0.717, 1.165) is 5.56 Å². The van der Waals surface area contributed by atoms with Gasteiger partial charge in [-0.3, -0.25) is 9.63 Å². The molecule has 2 rings (SSSR count). The summed E-state index contributed by atoms with van der Waals surface area (Å²) in [5, 5.41) is 9.00. The van der Waals surface area contributed by atoms with Crippen molar-refractivity contribution in [3.8, 4) is 0 Å². The van der Waals surface area contributed by atoms with Crippen molar-refractivity contribution in [3.63, 3.8) is 0 Å². The molecule has 2 N–H and O–H groups in total. The minimum atomic E-state index is -0.958. The van der Waals surface area contributed by atoms with Gasteiger partial charge in [0.25, 0.3) is 0 Å². The van der Waals surface area contributed by atoms with Gasteiger partial charge >= 0.3 is 5.97 Å². The van der Waals surface area contributed by atoms with E-state index in [1.807, 2.05) is 30.3 Å². The van der Waals surface area contributed by atoms with Crippen molar-refractivity contribution in [2.24, 2.45) is 0 Å². The average molecular weight is 278 g/mol. The first kappa shape index (κ1) is 14.5. The summed E-state index contributed by atoms with van der Waals surface area (Å²) in [6, 6.07) is 8.96. The molecule has 1 fully saturated rings. The Morgan fingerprint density at radius 3 is 2.80 bits per heavy atom. The van der Waals surface area contributed by atoms with Gasteiger partial charge in [0.1, 0.15) is 6.04 Å². The van der Waals surface area contributed by atoms with Crippen molar-refractivity contribution in [2.45, 2.75) is 31.5 Å². The Labute approximate surface area is 117 Å². The number of benzene rings is 1. The average Bonchev–Trinajstić information content (AvgIpc) is 2.48. The quantitative estimate of drug-likeness (QED) is 0.594. The summed E-state index contributed by atoms with van der Waals surface area (Å²) in [5.74, 6) is -0.958. The SMILES string of the molecule is O=CN1C[C@H](NOCc2ccccc2)CC[C@H]1C(=O)O. The third-order valence-electron chi connectivity index (χ3n) is 3.37. The Hall–Kier alpha value is -1.92. The van der Waals surface area contributed by atoms with Gasteiger partial charge in [-0.25, -0.2) is 4.79 Å². The summed E-state index contributed by atoms with van der Waals surface area (Å²) in [6.45, 7) is 0.774. The van der Waals surface area contributed by atoms with Crippen LogP contribution in [0.1, 0.15) is 18.4 Å². The molecule has 1 aromatic carbocycles. The predicted octanol–water partition coefficient (Wildman–Crippen LogP) is 0.782. The normalized spacial score (nSPS) is 22.5. The molecule has 0 spiro atoms. The van der Waals surface area contributed by atoms with Crippen LogP contribution >= 0.6 is 0 Å². The van der Waals surface area contributed by atoms with E-state index >= 15 is 0 Å². The van der Waals surface area contributed by atoms with Crippen molar-refractivity contribution in [1.82, 2.24) is 10.4 Å². The van der Waals surface area contributed by atoms with Crippen molar-refractivity contribution in [3.05, 3.63) is 35.9 Å². The van der Waals surface area contributed by atoms with Gasteiger partial charge in [-0.1, -0.05) is 30.3 Å². The Morgan fingerprint density at radius 1 is 1.40 bits per heavy atom. The number of hydrogen-bond donors (Lipinski definition) is 2. The number of hydroxylamine groups is 1. The van der Waals surface area contributed by atoms with Gasteiger partial charge in [-0.05, 0) is 18.4 Å². The monoisotopic (exact) mass is 278 g/mol. The van der Waals surface area contributed by atoms with Gasteiger partial charge in [0.2, 0.25) is 6.41 Å². The van der Waals surface area contributed by atoms with E-state index in [1.165, 1.54) is 4.90 Å². The van der Waals surface area contributed by atoms with E-state index in [2.05, 4.69) is 5.48 Å². The predicted molar refractivity (Wildman–Crippen MR) is 71.6 cm³/mol. The van der Waals surface area contributed by atoms with Gasteiger partial charge in [0, 0.05) is 12.6 Å². The molecule has 1 aliphatic rings. The number of carboxylic acids is 1. The molecule has 6 nitrogen and oxygen atoms in total. The van der Waals surface area contributed by atoms with Crippen molar-refractivity contribution >= 4 is 12.4 Å². The summed E-state index contributed by atoms with van der Waals surface area (Å²) in [4.78, 5) is 28.6. The Kier molecular flexibility index (Phi) is 5.09. The number of rotatable bonds is 6. The lowest BCUT2D eigenvalue weighted by Gasteiger charge is -2.34. The second-order valence-electron chi connectivity index (χ2n) is 4.82. The molecular formula is C14H18N2O4. The summed E-state index contributed by atoms with van der Waals surface area (Å²) < 4.78 is 0. The molecule has 1 heterocycles. The molecule has 1 aliphatic heterocycles. The highest BCUT2D eigenvalue weighted by Crippen LogP contribution is 2.16. The van der Waals surface area contributed by atoms with Gasteiger partial charge in [-0.2, -0.15) is 5.48 Å². The molecule has 2 atom stereocenters. The number of amides is 1. The van der Waals surface area contributed by atoms with Crippen LogP contribution in [-0.4, -0.2) is 41.0 Å². The molecule has 0 radical (unpaired) electrons. The molecule has 1 saturated heterocycles. The minimum absolute atomic E-state index is 0.0421. The van der Waals surface area contributed by atoms with Crippen LogP contribution in [0.2, 0.25) is 0 Å². The number of carbonyl (C=O) groups is 2. The third-order valence-corrected chi connectivity index (χ3v) is 3.37. The lowest BCUT2D eigenvalue weighted by atomic mass is 9.99. The Balaban J connectivity index is 1.77. The molecular weight excluding hydrogens is 260 g/mol. The maximum Gasteiger partial charge on any atom is 0.326 e. The summed E-state index contributed by atoms with van der Waals surface area (Å²) >= 11 is 0. The minimum Gasteiger partial charge on any atom is -0.480 e. The van der Waals surface area contributed by atoms with Gasteiger partial charge < -0.3 is 10.0 Å². The van der Waals surface area contributed by atoms with Gasteiger partial charge in [-0.15, -0.1) is 0 Å². The van der Waals surface area contributed by atoms with Crippen LogP contribution in [0.15, 0.2) is 30.3 Å². The van der Waals surface area contributed by atoms with Crippen LogP contribution < -0.4 is 5.48 Å². The first-order valence-electron chi connectivity index (χ1n) is 6.56. The standard InChI is InChI=1S/C14H18N2O4/c17-10-16-8-12(6-7-13(16)14(18)19)15-20-9-11-4-2-1-3-5-11/h1-5,10,12-13,15H,6-9H2,(H,18,19)/t12-,13+/m1/s1. The summed E-state index contributed by atoms with van der Waals surface area (Å²) in [5.41, 5.74) is 3.95. The molecule has 0 aliphatic carbocycles. The van der Waals surface area contributed by atoms with Crippen LogP contribution in [0.25, 0.3) is 0 Å². The fraction of sp³-hybridized carbons (Fsp3) is 0.429. The molecule has 0 aromatic heterocycles. The van der Waals surface area contributed by atoms with Crippen molar-refractivity contribution < 1.29 is 19.5 Å². The van der Waals surface area contributed by atoms with Crippen molar-refractivity contribution in [1.29, 1.82) is 0 Å². The highest BCUT2D eigenvalue weighted by Gasteiger charge is 2.32. The smallest absolute Gasteiger partial charge is 0.326 e. The fourth-order valence-electron chi connectivity index (χ4n) is 2.29. The molecule has 1 aromatic rings. The molecule has 6 heteroatoms. The van der Waals surface area contributed by atoms with Gasteiger partial charge in [0.05, 0.1) is 6.61 Å². The molecule has 20 heavy (non-hydrogen) atoms. The van der Waals surface area contributed by atoms with Gasteiger partial charge in [0.15, 0.2) is 0 Å². The first-order chi connectivity index (χ1) is 9.70. The topological polar surface area (TPSA) is 78.9 Å². The number of aliphatic carboxylic acids is 1. The second kappa shape index (κ2) is 7.02. The van der Waals surface area contributed by atoms with E-state index in [9.17, 15) is 9.59 Å². The number of nitrogens with one attached hydrogen (secondary N) is 1. The summed E-state index contributed by atoms with van der Waals surface area (Å²) in [6.07, 6.45) is 1.68. The first-order valence-corrected chi connectivity index (χ1v) is 6.56. The number of hydrogen-bond acceptors (Lipinski definition) is 4. The van der Waals surface area contributed by atoms with E-state index in [4.69, 9.17) is 9.94 Å². The highest BCUT2D eigenvalue weighted by atomic mass is 16.6. The maximum atomic E-state index is 11.0. The van der Waals surface area contributed by atoms with E-state index < -0.39 is 12.0 Å². The van der Waals surface area contributed by atoms with E-state index in [-0.39, 0.29) is 6.04 Å². The number of carbonyl (C=O) groups excluding carboxylic acids is 1. The highest BCUT2D eigenvalue weighted by molar-refractivity contribution is 5.76. The van der Waals surface area contributed by atoms with E-state index in [0.29, 0.717) is 32.4 Å². The largest absolute Gasteiger partial charge is 0.480 e. The Morgan fingerprint density at radius 2 is 2.15 bits per heavy atom. The van der Waals surface area contributed by atoms with E-state index in [1.54, 1.807) is 0 Å². The number of nitrogens with zero attached hydrogens (tertiary/aromatic N) is 1. The van der Waals surface area contributed by atoms with Crippen LogP contribution in [0.5, 0.6) is 0 Å². The zero-order chi connectivity index (χ0) is 14.4. The third kappa shape index (κ3) is 3.79. The lowest BCUT2D eigenvalue weighted by Crippen LogP contribution is -2.52. The maximum absolute atomic E-state index is 11.0. The van der Waals surface area contributed by atoms with Crippen molar-refractivity contribution in [2.75, 3.05) is 6.54 Å². The lowest BCUT2D eigenvalue weighted by molar-refractivity contribution is -0.149. The number of piperidine rings is 1. The van der Waals surface area contributed by atoms with Crippen LogP contribution in [0.4, 0.5) is 0 Å². The van der Waals surface area contributed by atoms with Crippen LogP contribution in [-0.2, 0) is 21.0 Å².